The van der Waals surface area contributed by atoms with Crippen LogP contribution in [0.2, 0.25) is 0 Å². The number of oxime groups is 1. The minimum absolute atomic E-state index is 0.0344. The molecule has 3 N–H and O–H groups in total. The molecule has 0 saturated heterocycles. The Hall–Kier alpha value is -2.04. The highest BCUT2D eigenvalue weighted by Gasteiger charge is 2.18. The number of benzene rings is 1. The molecular weight excluding hydrogens is 242 g/mol. The van der Waals surface area contributed by atoms with Crippen LogP contribution in [-0.2, 0) is 0 Å². The Morgan fingerprint density at radius 3 is 2.68 bits per heavy atom. The number of hydrogen-bond acceptors (Lipinski definition) is 3. The molecule has 5 nitrogen and oxygen atoms in total. The molecule has 1 amide bonds. The second kappa shape index (κ2) is 6.78. The highest BCUT2D eigenvalue weighted by Crippen LogP contribution is 2.13. The molecule has 0 unspecified atom stereocenters. The van der Waals surface area contributed by atoms with Crippen molar-refractivity contribution in [3.63, 3.8) is 0 Å². The molecule has 0 spiro atoms. The van der Waals surface area contributed by atoms with E-state index in [1.54, 1.807) is 4.90 Å². The number of carbonyl (C=O) groups is 1. The van der Waals surface area contributed by atoms with Gasteiger partial charge in [0.1, 0.15) is 0 Å². The predicted molar refractivity (Wildman–Crippen MR) is 75.5 cm³/mol. The van der Waals surface area contributed by atoms with E-state index in [0.29, 0.717) is 12.1 Å². The average Bonchev–Trinajstić information content (AvgIpc) is 2.40. The first-order valence-corrected chi connectivity index (χ1v) is 6.32. The third-order valence-corrected chi connectivity index (χ3v) is 2.89. The number of amides is 1. The van der Waals surface area contributed by atoms with Crippen LogP contribution in [0.3, 0.4) is 0 Å². The van der Waals surface area contributed by atoms with Crippen LogP contribution in [-0.4, -0.2) is 34.9 Å². The molecule has 0 aliphatic carbocycles. The first-order chi connectivity index (χ1) is 8.99. The quantitative estimate of drug-likeness (QED) is 0.368. The van der Waals surface area contributed by atoms with E-state index in [1.165, 1.54) is 0 Å². The topological polar surface area (TPSA) is 78.9 Å². The third-order valence-electron chi connectivity index (χ3n) is 2.89. The molecule has 0 radical (unpaired) electrons. The van der Waals surface area contributed by atoms with E-state index >= 15 is 0 Å². The van der Waals surface area contributed by atoms with Crippen molar-refractivity contribution in [1.82, 2.24) is 4.90 Å². The molecule has 0 aliphatic heterocycles. The van der Waals surface area contributed by atoms with Crippen molar-refractivity contribution in [1.29, 1.82) is 0 Å². The van der Waals surface area contributed by atoms with E-state index in [-0.39, 0.29) is 18.3 Å². The van der Waals surface area contributed by atoms with Gasteiger partial charge < -0.3 is 15.8 Å². The van der Waals surface area contributed by atoms with Crippen LogP contribution in [0.15, 0.2) is 23.4 Å². The number of amidine groups is 1. The summed E-state index contributed by atoms with van der Waals surface area (Å²) in [5, 5.41) is 11.6. The fraction of sp³-hybridized carbons (Fsp3) is 0.429. The summed E-state index contributed by atoms with van der Waals surface area (Å²) in [5.41, 5.74) is 8.12. The Labute approximate surface area is 113 Å². The molecule has 104 valence electrons. The fourth-order valence-corrected chi connectivity index (χ4v) is 1.89. The van der Waals surface area contributed by atoms with Gasteiger partial charge in [0.2, 0.25) is 0 Å². The van der Waals surface area contributed by atoms with Crippen LogP contribution < -0.4 is 5.73 Å². The van der Waals surface area contributed by atoms with E-state index in [4.69, 9.17) is 10.9 Å². The van der Waals surface area contributed by atoms with Gasteiger partial charge in [-0.3, -0.25) is 4.79 Å². The summed E-state index contributed by atoms with van der Waals surface area (Å²) in [7, 11) is 0. The monoisotopic (exact) mass is 263 g/mol. The number of rotatable bonds is 5. The second-order valence-electron chi connectivity index (χ2n) is 4.64. The normalized spacial score (nSPS) is 11.4. The number of aryl methyl sites for hydroxylation is 2. The molecule has 0 bridgehead atoms. The maximum atomic E-state index is 12.5. The molecule has 0 atom stereocenters. The Bertz CT molecular complexity index is 484. The predicted octanol–water partition coefficient (Wildman–Crippen LogP) is 1.90. The highest BCUT2D eigenvalue weighted by atomic mass is 16.4. The van der Waals surface area contributed by atoms with Gasteiger partial charge in [-0.25, -0.2) is 0 Å². The van der Waals surface area contributed by atoms with Gasteiger partial charge in [-0.05, 0) is 31.9 Å². The third kappa shape index (κ3) is 3.98. The van der Waals surface area contributed by atoms with E-state index < -0.39 is 0 Å². The number of nitrogens with zero attached hydrogens (tertiary/aromatic N) is 2. The minimum Gasteiger partial charge on any atom is -0.409 e. The maximum Gasteiger partial charge on any atom is 0.254 e. The number of nitrogens with two attached hydrogens (primary N) is 1. The SMILES string of the molecule is CCCN(CC(N)=NO)C(=O)c1cc(C)ccc1C. The molecule has 0 fully saturated rings. The summed E-state index contributed by atoms with van der Waals surface area (Å²) in [4.78, 5) is 14.1. The molecule has 0 saturated carbocycles. The van der Waals surface area contributed by atoms with Crippen molar-refractivity contribution in [3.05, 3.63) is 34.9 Å². The maximum absolute atomic E-state index is 12.5. The minimum atomic E-state index is -0.0883. The zero-order chi connectivity index (χ0) is 14.4. The van der Waals surface area contributed by atoms with E-state index in [9.17, 15) is 4.79 Å². The first-order valence-electron chi connectivity index (χ1n) is 6.32. The van der Waals surface area contributed by atoms with Gasteiger partial charge in [0.15, 0.2) is 5.84 Å². The average molecular weight is 263 g/mol. The zero-order valence-electron chi connectivity index (χ0n) is 11.7. The van der Waals surface area contributed by atoms with Crippen LogP contribution in [0, 0.1) is 13.8 Å². The summed E-state index contributed by atoms with van der Waals surface area (Å²) in [5.74, 6) is -0.0539. The van der Waals surface area contributed by atoms with Crippen LogP contribution in [0.1, 0.15) is 34.8 Å². The lowest BCUT2D eigenvalue weighted by molar-refractivity contribution is 0.0777. The van der Waals surface area contributed by atoms with Crippen molar-refractivity contribution >= 4 is 11.7 Å². The molecular formula is C14H21N3O2. The van der Waals surface area contributed by atoms with Gasteiger partial charge in [-0.2, -0.15) is 0 Å². The summed E-state index contributed by atoms with van der Waals surface area (Å²) in [6, 6.07) is 5.77. The van der Waals surface area contributed by atoms with Crippen LogP contribution >= 0.6 is 0 Å². The van der Waals surface area contributed by atoms with Gasteiger partial charge in [0, 0.05) is 12.1 Å². The lowest BCUT2D eigenvalue weighted by atomic mass is 10.0. The molecule has 0 aliphatic rings. The Kier molecular flexibility index (Phi) is 5.36. The Balaban J connectivity index is 3.01. The Morgan fingerprint density at radius 2 is 2.11 bits per heavy atom. The fourth-order valence-electron chi connectivity index (χ4n) is 1.89. The zero-order valence-corrected chi connectivity index (χ0v) is 11.7. The number of hydrogen-bond donors (Lipinski definition) is 2. The lowest BCUT2D eigenvalue weighted by Crippen LogP contribution is -2.39. The van der Waals surface area contributed by atoms with Gasteiger partial charge in [0.05, 0.1) is 6.54 Å². The van der Waals surface area contributed by atoms with Crippen molar-refractivity contribution in [2.75, 3.05) is 13.1 Å². The van der Waals surface area contributed by atoms with Gasteiger partial charge in [-0.15, -0.1) is 0 Å². The van der Waals surface area contributed by atoms with Gasteiger partial charge in [0.25, 0.3) is 5.91 Å². The molecule has 0 heterocycles. The van der Waals surface area contributed by atoms with E-state index in [2.05, 4.69) is 5.16 Å². The van der Waals surface area contributed by atoms with E-state index in [1.807, 2.05) is 39.0 Å². The van der Waals surface area contributed by atoms with Crippen LogP contribution in [0.5, 0.6) is 0 Å². The molecule has 19 heavy (non-hydrogen) atoms. The van der Waals surface area contributed by atoms with Crippen LogP contribution in [0.4, 0.5) is 0 Å². The molecule has 5 heteroatoms. The Morgan fingerprint density at radius 1 is 1.42 bits per heavy atom. The molecule has 1 aromatic carbocycles. The highest BCUT2D eigenvalue weighted by molar-refractivity contribution is 5.98. The standard InChI is InChI=1S/C14H21N3O2/c1-4-7-17(9-13(15)16-19)14(18)12-8-10(2)5-6-11(12)3/h5-6,8,19H,4,7,9H2,1-3H3,(H2,15,16). The number of carbonyl (C=O) groups excluding carboxylic acids is 1. The summed E-state index contributed by atoms with van der Waals surface area (Å²) >= 11 is 0. The van der Waals surface area contributed by atoms with Gasteiger partial charge in [-0.1, -0.05) is 29.8 Å². The molecule has 0 aromatic heterocycles. The van der Waals surface area contributed by atoms with Gasteiger partial charge >= 0.3 is 0 Å². The smallest absolute Gasteiger partial charge is 0.254 e. The van der Waals surface area contributed by atoms with Crippen molar-refractivity contribution in [2.24, 2.45) is 10.9 Å². The molecule has 1 aromatic rings. The second-order valence-corrected chi connectivity index (χ2v) is 4.64. The summed E-state index contributed by atoms with van der Waals surface area (Å²) in [6.07, 6.45) is 0.815. The van der Waals surface area contributed by atoms with Crippen molar-refractivity contribution in [3.8, 4) is 0 Å². The van der Waals surface area contributed by atoms with Crippen LogP contribution in [0.25, 0.3) is 0 Å². The largest absolute Gasteiger partial charge is 0.409 e. The molecule has 1 rings (SSSR count). The van der Waals surface area contributed by atoms with Crippen molar-refractivity contribution < 1.29 is 10.0 Å². The van der Waals surface area contributed by atoms with E-state index in [0.717, 1.165) is 17.5 Å². The first kappa shape index (κ1) is 15.0. The lowest BCUT2D eigenvalue weighted by Gasteiger charge is -2.22. The summed E-state index contributed by atoms with van der Waals surface area (Å²) in [6.45, 7) is 6.54. The summed E-state index contributed by atoms with van der Waals surface area (Å²) < 4.78 is 0. The van der Waals surface area contributed by atoms with Crippen molar-refractivity contribution in [2.45, 2.75) is 27.2 Å².